The third-order valence-corrected chi connectivity index (χ3v) is 6.65. The number of amides is 1. The molecule has 1 N–H and O–H groups in total. The number of piperidine rings is 1. The van der Waals surface area contributed by atoms with Crippen LogP contribution in [0.2, 0.25) is 5.02 Å². The van der Waals surface area contributed by atoms with Gasteiger partial charge in [-0.15, -0.1) is 0 Å². The predicted molar refractivity (Wildman–Crippen MR) is 99.8 cm³/mol. The first-order valence-corrected chi connectivity index (χ1v) is 9.36. The summed E-state index contributed by atoms with van der Waals surface area (Å²) in [6.07, 6.45) is 3.12. The Labute approximate surface area is 154 Å². The van der Waals surface area contributed by atoms with E-state index in [0.717, 1.165) is 42.9 Å². The molecule has 0 saturated carbocycles. The molecule has 5 heteroatoms. The third kappa shape index (κ3) is 3.07. The van der Waals surface area contributed by atoms with Crippen molar-refractivity contribution in [2.24, 2.45) is 0 Å². The standard InChI is InChI=1S/C19H26Cl2N2O/c1-12-9-14-15(10-17(12)20)19(5-7-23(21)8-6-19)11-16(14)18(3,4)22-13(2)24/h9-10,16H,5-8,11H2,1-4H3,(H,22,24)/t16-/m1/s1. The van der Waals surface area contributed by atoms with E-state index < -0.39 is 0 Å². The number of carbonyl (C=O) groups is 1. The number of benzene rings is 1. The zero-order chi connectivity index (χ0) is 17.7. The molecule has 3 nitrogen and oxygen atoms in total. The largest absolute Gasteiger partial charge is 0.351 e. The van der Waals surface area contributed by atoms with Crippen molar-refractivity contribution in [3.05, 3.63) is 33.8 Å². The summed E-state index contributed by atoms with van der Waals surface area (Å²) >= 11 is 12.7. The van der Waals surface area contributed by atoms with Crippen LogP contribution in [0.25, 0.3) is 0 Å². The second-order valence-corrected chi connectivity index (χ2v) is 8.92. The highest BCUT2D eigenvalue weighted by Crippen LogP contribution is 2.55. The smallest absolute Gasteiger partial charge is 0.217 e. The van der Waals surface area contributed by atoms with Crippen LogP contribution in [0, 0.1) is 6.92 Å². The summed E-state index contributed by atoms with van der Waals surface area (Å²) in [6, 6.07) is 4.40. The molecule has 0 radical (unpaired) electrons. The van der Waals surface area contributed by atoms with Crippen LogP contribution in [0.15, 0.2) is 12.1 Å². The first kappa shape index (κ1) is 18.0. The molecule has 24 heavy (non-hydrogen) atoms. The average Bonchev–Trinajstić information content (AvgIpc) is 2.77. The molecule has 1 atom stereocenters. The van der Waals surface area contributed by atoms with Gasteiger partial charge in [-0.3, -0.25) is 4.79 Å². The molecule has 1 amide bonds. The Kier molecular flexibility index (Phi) is 4.65. The Bertz CT molecular complexity index is 664. The predicted octanol–water partition coefficient (Wildman–Crippen LogP) is 4.54. The fourth-order valence-corrected chi connectivity index (χ4v) is 4.96. The van der Waals surface area contributed by atoms with E-state index >= 15 is 0 Å². The number of nitrogens with one attached hydrogen (secondary N) is 1. The van der Waals surface area contributed by atoms with Crippen LogP contribution < -0.4 is 5.32 Å². The van der Waals surface area contributed by atoms with E-state index in [2.05, 4.69) is 38.2 Å². The highest BCUT2D eigenvalue weighted by molar-refractivity contribution is 6.31. The Morgan fingerprint density at radius 1 is 1.33 bits per heavy atom. The lowest BCUT2D eigenvalue weighted by Gasteiger charge is -2.39. The van der Waals surface area contributed by atoms with E-state index in [9.17, 15) is 4.79 Å². The number of fused-ring (bicyclic) bond motifs is 2. The summed E-state index contributed by atoms with van der Waals surface area (Å²) in [5, 5.41) is 3.99. The summed E-state index contributed by atoms with van der Waals surface area (Å²) in [5.41, 5.74) is 3.65. The summed E-state index contributed by atoms with van der Waals surface area (Å²) < 4.78 is 1.88. The first-order chi connectivity index (χ1) is 11.1. The Morgan fingerprint density at radius 2 is 1.96 bits per heavy atom. The van der Waals surface area contributed by atoms with Gasteiger partial charge in [0, 0.05) is 36.5 Å². The fourth-order valence-electron chi connectivity index (χ4n) is 4.63. The minimum atomic E-state index is -0.289. The molecule has 1 aromatic carbocycles. The molecule has 1 aliphatic carbocycles. The van der Waals surface area contributed by atoms with Gasteiger partial charge in [0.15, 0.2) is 0 Å². The van der Waals surface area contributed by atoms with Gasteiger partial charge in [-0.1, -0.05) is 17.7 Å². The molecule has 0 aromatic heterocycles. The van der Waals surface area contributed by atoms with Gasteiger partial charge in [0.2, 0.25) is 5.91 Å². The maximum atomic E-state index is 11.7. The molecule has 1 spiro atoms. The highest BCUT2D eigenvalue weighted by Gasteiger charge is 2.50. The molecule has 0 unspecified atom stereocenters. The number of carbonyl (C=O) groups excluding carboxylic acids is 1. The molecule has 132 valence electrons. The van der Waals surface area contributed by atoms with Crippen LogP contribution in [0.4, 0.5) is 0 Å². The molecule has 3 rings (SSSR count). The van der Waals surface area contributed by atoms with Crippen LogP contribution in [0.3, 0.4) is 0 Å². The number of nitrogens with zero attached hydrogens (tertiary/aromatic N) is 1. The molecule has 0 bridgehead atoms. The summed E-state index contributed by atoms with van der Waals surface area (Å²) in [7, 11) is 0. The minimum absolute atomic E-state index is 0.0174. The Morgan fingerprint density at radius 3 is 2.54 bits per heavy atom. The van der Waals surface area contributed by atoms with Crippen LogP contribution in [0.5, 0.6) is 0 Å². The maximum Gasteiger partial charge on any atom is 0.217 e. The van der Waals surface area contributed by atoms with Gasteiger partial charge < -0.3 is 5.32 Å². The Balaban J connectivity index is 2.06. The van der Waals surface area contributed by atoms with E-state index in [1.165, 1.54) is 11.1 Å². The monoisotopic (exact) mass is 368 g/mol. The summed E-state index contributed by atoms with van der Waals surface area (Å²) in [6.45, 7) is 9.68. The van der Waals surface area contributed by atoms with E-state index in [4.69, 9.17) is 23.4 Å². The maximum absolute atomic E-state index is 11.7. The van der Waals surface area contributed by atoms with Gasteiger partial charge in [0.05, 0.1) is 0 Å². The van der Waals surface area contributed by atoms with Crippen molar-refractivity contribution in [2.45, 2.75) is 63.8 Å². The van der Waals surface area contributed by atoms with Gasteiger partial charge in [0.1, 0.15) is 0 Å². The first-order valence-electron chi connectivity index (χ1n) is 8.65. The number of hydrogen-bond donors (Lipinski definition) is 1. The Hall–Kier alpha value is -0.770. The molecular weight excluding hydrogens is 343 g/mol. The van der Waals surface area contributed by atoms with E-state index in [1.807, 2.05) is 4.42 Å². The van der Waals surface area contributed by atoms with Gasteiger partial charge in [0.25, 0.3) is 0 Å². The summed E-state index contributed by atoms with van der Waals surface area (Å²) in [4.78, 5) is 11.7. The van der Waals surface area contributed by atoms with Gasteiger partial charge in [-0.25, -0.2) is 4.42 Å². The van der Waals surface area contributed by atoms with Crippen LogP contribution in [-0.2, 0) is 10.2 Å². The van der Waals surface area contributed by atoms with E-state index in [0.29, 0.717) is 0 Å². The van der Waals surface area contributed by atoms with Crippen molar-refractivity contribution in [3.63, 3.8) is 0 Å². The second-order valence-electron chi connectivity index (χ2n) is 8.04. The lowest BCUT2D eigenvalue weighted by Crippen LogP contribution is -2.47. The SMILES string of the molecule is CC(=O)NC(C)(C)[C@@H]1CC2(CCN(Cl)CC2)c2cc(Cl)c(C)cc21. The number of aryl methyl sites for hydroxylation is 1. The zero-order valence-electron chi connectivity index (χ0n) is 14.9. The molecule has 1 saturated heterocycles. The van der Waals surface area contributed by atoms with Gasteiger partial charge in [-0.05, 0) is 80.0 Å². The van der Waals surface area contributed by atoms with Crippen LogP contribution in [-0.4, -0.2) is 29.0 Å². The minimum Gasteiger partial charge on any atom is -0.351 e. The number of hydrogen-bond acceptors (Lipinski definition) is 2. The molecule has 2 aliphatic rings. The highest BCUT2D eigenvalue weighted by atomic mass is 35.5. The molecule has 1 heterocycles. The molecule has 1 fully saturated rings. The molecule has 1 aromatic rings. The number of halogens is 2. The quantitative estimate of drug-likeness (QED) is 0.777. The molecule has 1 aliphatic heterocycles. The fraction of sp³-hybridized carbons (Fsp3) is 0.632. The van der Waals surface area contributed by atoms with Crippen molar-refractivity contribution in [3.8, 4) is 0 Å². The van der Waals surface area contributed by atoms with Crippen molar-refractivity contribution >= 4 is 29.3 Å². The van der Waals surface area contributed by atoms with Crippen molar-refractivity contribution in [1.82, 2.24) is 9.74 Å². The average molecular weight is 369 g/mol. The van der Waals surface area contributed by atoms with Crippen molar-refractivity contribution in [2.75, 3.05) is 13.1 Å². The third-order valence-electron chi connectivity index (χ3n) is 5.91. The number of rotatable bonds is 2. The lowest BCUT2D eigenvalue weighted by molar-refractivity contribution is -0.120. The zero-order valence-corrected chi connectivity index (χ0v) is 16.4. The van der Waals surface area contributed by atoms with Gasteiger partial charge in [-0.2, -0.15) is 0 Å². The van der Waals surface area contributed by atoms with Gasteiger partial charge >= 0.3 is 0 Å². The normalized spacial score (nSPS) is 23.3. The van der Waals surface area contributed by atoms with E-state index in [1.54, 1.807) is 6.92 Å². The van der Waals surface area contributed by atoms with Crippen LogP contribution in [0.1, 0.15) is 62.6 Å². The van der Waals surface area contributed by atoms with Crippen molar-refractivity contribution < 1.29 is 4.79 Å². The lowest BCUT2D eigenvalue weighted by atomic mass is 9.72. The van der Waals surface area contributed by atoms with Crippen molar-refractivity contribution in [1.29, 1.82) is 0 Å². The second kappa shape index (κ2) is 6.19. The van der Waals surface area contributed by atoms with E-state index in [-0.39, 0.29) is 22.8 Å². The topological polar surface area (TPSA) is 32.3 Å². The summed E-state index contributed by atoms with van der Waals surface area (Å²) in [5.74, 6) is 0.304. The molecular formula is C19H26Cl2N2O. The van der Waals surface area contributed by atoms with Crippen LogP contribution >= 0.6 is 23.4 Å².